The van der Waals surface area contributed by atoms with Crippen molar-refractivity contribution in [2.24, 2.45) is 0 Å². The molecule has 0 saturated carbocycles. The molecule has 0 heterocycles. The lowest BCUT2D eigenvalue weighted by molar-refractivity contribution is 0.230. The minimum Gasteiger partial charge on any atom is -0.494 e. The van der Waals surface area contributed by atoms with Gasteiger partial charge in [-0.1, -0.05) is 20.8 Å². The summed E-state index contributed by atoms with van der Waals surface area (Å²) in [7, 11) is 0.495. The maximum atomic E-state index is 6.00. The van der Waals surface area contributed by atoms with Crippen LogP contribution in [0.4, 0.5) is 5.69 Å². The normalized spacial score (nSPS) is 13.1. The number of ether oxygens (including phenoxy) is 2. The molecule has 0 radical (unpaired) electrons. The summed E-state index contributed by atoms with van der Waals surface area (Å²) >= 11 is 0. The molecular formula is C15H27NO3S. The Morgan fingerprint density at radius 1 is 1.15 bits per heavy atom. The second-order valence-corrected chi connectivity index (χ2v) is 9.85. The molecule has 1 aromatic rings. The zero-order valence-corrected chi connectivity index (χ0v) is 14.2. The third-order valence-corrected chi connectivity index (χ3v) is 7.12. The number of nitrogens with two attached hydrogens (primary N) is 1. The third-order valence-electron chi connectivity index (χ3n) is 3.41. The molecule has 0 spiro atoms. The molecule has 1 aromatic carbocycles. The van der Waals surface area contributed by atoms with E-state index >= 15 is 0 Å². The molecule has 0 aliphatic carbocycles. The number of hydrogen-bond acceptors (Lipinski definition) is 4. The second kappa shape index (κ2) is 6.59. The molecular weight excluding hydrogens is 274 g/mol. The van der Waals surface area contributed by atoms with Crippen molar-refractivity contribution < 1.29 is 13.7 Å². The van der Waals surface area contributed by atoms with E-state index in [1.807, 2.05) is 6.07 Å². The number of rotatable bonds is 6. The van der Waals surface area contributed by atoms with E-state index in [9.17, 15) is 0 Å². The van der Waals surface area contributed by atoms with Crippen LogP contribution in [0.1, 0.15) is 20.8 Å². The van der Waals surface area contributed by atoms with Crippen molar-refractivity contribution in [3.63, 3.8) is 0 Å². The van der Waals surface area contributed by atoms with Crippen LogP contribution in [0.5, 0.6) is 11.5 Å². The van der Waals surface area contributed by atoms with E-state index < -0.39 is 10.3 Å². The van der Waals surface area contributed by atoms with Crippen molar-refractivity contribution >= 4 is 16.0 Å². The summed E-state index contributed by atoms with van der Waals surface area (Å²) in [6.07, 6.45) is 4.36. The molecule has 0 amide bonds. The van der Waals surface area contributed by atoms with Crippen LogP contribution < -0.4 is 15.2 Å². The van der Waals surface area contributed by atoms with Crippen LogP contribution in [0.2, 0.25) is 0 Å². The minimum atomic E-state index is -1.10. The van der Waals surface area contributed by atoms with E-state index in [-0.39, 0.29) is 4.75 Å². The van der Waals surface area contributed by atoms with Gasteiger partial charge >= 0.3 is 0 Å². The van der Waals surface area contributed by atoms with Gasteiger partial charge in [0.15, 0.2) is 0 Å². The van der Waals surface area contributed by atoms with E-state index in [2.05, 4.69) is 33.3 Å². The molecule has 0 unspecified atom stereocenters. The van der Waals surface area contributed by atoms with Gasteiger partial charge in [0.2, 0.25) is 0 Å². The number of nitrogen functional groups attached to an aromatic ring is 1. The summed E-state index contributed by atoms with van der Waals surface area (Å²) in [5.74, 6) is 1.37. The average Bonchev–Trinajstić information content (AvgIpc) is 2.35. The Morgan fingerprint density at radius 3 is 2.35 bits per heavy atom. The van der Waals surface area contributed by atoms with Crippen LogP contribution in [0, 0.1) is 0 Å². The van der Waals surface area contributed by atoms with Crippen LogP contribution in [0.25, 0.3) is 0 Å². The Bertz CT molecular complexity index is 441. The van der Waals surface area contributed by atoms with Crippen molar-refractivity contribution in [1.82, 2.24) is 0 Å². The third kappa shape index (κ3) is 4.49. The van der Waals surface area contributed by atoms with Gasteiger partial charge in [-0.05, 0) is 24.6 Å². The first kappa shape index (κ1) is 17.0. The fourth-order valence-electron chi connectivity index (χ4n) is 1.36. The van der Waals surface area contributed by atoms with Crippen LogP contribution >= 0.6 is 10.3 Å². The van der Waals surface area contributed by atoms with Gasteiger partial charge in [0.1, 0.15) is 18.1 Å². The van der Waals surface area contributed by atoms with E-state index in [1.165, 1.54) is 0 Å². The molecule has 0 saturated heterocycles. The topological polar surface area (TPSA) is 53.7 Å². The summed E-state index contributed by atoms with van der Waals surface area (Å²) < 4.78 is 17.0. The fraction of sp³-hybridized carbons (Fsp3) is 0.600. The first-order valence-corrected chi connectivity index (χ1v) is 8.98. The molecule has 0 fully saturated rings. The number of methoxy groups -OCH3 is 1. The van der Waals surface area contributed by atoms with Crippen molar-refractivity contribution in [1.29, 1.82) is 0 Å². The maximum Gasteiger partial charge on any atom is 0.145 e. The Kier molecular flexibility index (Phi) is 5.59. The lowest BCUT2D eigenvalue weighted by atomic mass is 10.3. The molecule has 4 nitrogen and oxygen atoms in total. The first-order chi connectivity index (χ1) is 9.17. The van der Waals surface area contributed by atoms with E-state index in [0.29, 0.717) is 24.7 Å². The van der Waals surface area contributed by atoms with Gasteiger partial charge in [0, 0.05) is 10.8 Å². The fourth-order valence-corrected chi connectivity index (χ4v) is 2.20. The second-order valence-electron chi connectivity index (χ2n) is 5.92. The van der Waals surface area contributed by atoms with Crippen LogP contribution in [0.15, 0.2) is 18.2 Å². The summed E-state index contributed by atoms with van der Waals surface area (Å²) in [5.41, 5.74) is 6.36. The van der Waals surface area contributed by atoms with Crippen molar-refractivity contribution in [2.45, 2.75) is 25.5 Å². The first-order valence-electron chi connectivity index (χ1n) is 6.61. The molecule has 1 rings (SSSR count). The van der Waals surface area contributed by atoms with Crippen molar-refractivity contribution in [3.05, 3.63) is 18.2 Å². The van der Waals surface area contributed by atoms with E-state index in [1.54, 1.807) is 19.2 Å². The zero-order valence-electron chi connectivity index (χ0n) is 13.4. The zero-order chi connectivity index (χ0) is 15.4. The van der Waals surface area contributed by atoms with Crippen molar-refractivity contribution in [2.75, 3.05) is 38.6 Å². The monoisotopic (exact) mass is 301 g/mol. The molecule has 116 valence electrons. The number of anilines is 1. The largest absolute Gasteiger partial charge is 0.494 e. The lowest BCUT2D eigenvalue weighted by Gasteiger charge is -2.43. The van der Waals surface area contributed by atoms with Crippen LogP contribution in [-0.4, -0.2) is 37.6 Å². The van der Waals surface area contributed by atoms with Gasteiger partial charge in [-0.2, -0.15) is 0 Å². The van der Waals surface area contributed by atoms with E-state index in [0.717, 1.165) is 5.75 Å². The predicted octanol–water partition coefficient (Wildman–Crippen LogP) is 3.45. The summed E-state index contributed by atoms with van der Waals surface area (Å²) in [6, 6.07) is 5.40. The molecule has 0 atom stereocenters. The molecule has 0 aliphatic heterocycles. The number of hydrogen-bond donors (Lipinski definition) is 1. The molecule has 0 aliphatic rings. The maximum absolute atomic E-state index is 6.00. The highest BCUT2D eigenvalue weighted by atomic mass is 32.3. The predicted molar refractivity (Wildman–Crippen MR) is 88.0 cm³/mol. The highest BCUT2D eigenvalue weighted by Crippen LogP contribution is 2.53. The number of benzene rings is 1. The van der Waals surface area contributed by atoms with Crippen LogP contribution in [-0.2, 0) is 4.18 Å². The average molecular weight is 301 g/mol. The van der Waals surface area contributed by atoms with E-state index in [4.69, 9.17) is 19.4 Å². The highest BCUT2D eigenvalue weighted by Gasteiger charge is 2.28. The minimum absolute atomic E-state index is 0.164. The van der Waals surface area contributed by atoms with Gasteiger partial charge in [-0.25, -0.2) is 0 Å². The molecule has 2 N–H and O–H groups in total. The highest BCUT2D eigenvalue weighted by molar-refractivity contribution is 8.29. The summed E-state index contributed by atoms with van der Waals surface area (Å²) in [4.78, 5) is 0. The van der Waals surface area contributed by atoms with Gasteiger partial charge in [0.25, 0.3) is 0 Å². The lowest BCUT2D eigenvalue weighted by Crippen LogP contribution is -2.26. The standard InChI is InChI=1S/C15H27NO3S/c1-15(2,3)20(5,6)19-10-9-18-12-7-8-13(16)14(11-12)17-4/h7-8,11H,9-10,16H2,1-6H3. The summed E-state index contributed by atoms with van der Waals surface area (Å²) in [5, 5.41) is 0. The SMILES string of the molecule is COc1cc(OCCOS(C)(C)C(C)(C)C)ccc1N. The Morgan fingerprint density at radius 2 is 1.80 bits per heavy atom. The Hall–Kier alpha value is -1.07. The quantitative estimate of drug-likeness (QED) is 0.646. The molecule has 0 aromatic heterocycles. The van der Waals surface area contributed by atoms with Gasteiger partial charge in [-0.15, -0.1) is 10.3 Å². The Labute approximate surface area is 124 Å². The van der Waals surface area contributed by atoms with Gasteiger partial charge in [-0.3, -0.25) is 0 Å². The van der Waals surface area contributed by atoms with Gasteiger partial charge in [0.05, 0.1) is 19.4 Å². The Balaban J connectivity index is 2.46. The van der Waals surface area contributed by atoms with Gasteiger partial charge < -0.3 is 19.4 Å². The van der Waals surface area contributed by atoms with Crippen molar-refractivity contribution in [3.8, 4) is 11.5 Å². The molecule has 20 heavy (non-hydrogen) atoms. The smallest absolute Gasteiger partial charge is 0.145 e. The molecule has 5 heteroatoms. The van der Waals surface area contributed by atoms with Crippen LogP contribution in [0.3, 0.4) is 0 Å². The summed E-state index contributed by atoms with van der Waals surface area (Å²) in [6.45, 7) is 7.70. The molecule has 0 bridgehead atoms.